The molecule has 32 heavy (non-hydrogen) atoms. The molecule has 3 amide bonds. The Hall–Kier alpha value is -3.83. The number of carbonyl (C=O) groups excluding carboxylic acids is 2. The molecule has 1 aliphatic heterocycles. The van der Waals surface area contributed by atoms with Crippen LogP contribution in [0.5, 0.6) is 0 Å². The van der Waals surface area contributed by atoms with Gasteiger partial charge >= 0.3 is 12.2 Å². The summed E-state index contributed by atoms with van der Waals surface area (Å²) in [4.78, 5) is 32.3. The Balaban J connectivity index is 1.89. The minimum absolute atomic E-state index is 0.0376. The third-order valence-corrected chi connectivity index (χ3v) is 4.78. The summed E-state index contributed by atoms with van der Waals surface area (Å²) >= 11 is 0. The zero-order valence-corrected chi connectivity index (χ0v) is 16.9. The number of anilines is 4. The van der Waals surface area contributed by atoms with Gasteiger partial charge in [0.25, 0.3) is 0 Å². The van der Waals surface area contributed by atoms with Gasteiger partial charge < -0.3 is 26.6 Å². The van der Waals surface area contributed by atoms with E-state index in [9.17, 15) is 22.8 Å². The molecule has 1 aromatic heterocycles. The highest BCUT2D eigenvalue weighted by atomic mass is 19.4. The van der Waals surface area contributed by atoms with E-state index in [0.717, 1.165) is 6.08 Å². The summed E-state index contributed by atoms with van der Waals surface area (Å²) in [7, 11) is 0. The predicted octanol–water partition coefficient (Wildman–Crippen LogP) is 3.32. The van der Waals surface area contributed by atoms with Crippen molar-refractivity contribution in [3.05, 3.63) is 48.7 Å². The van der Waals surface area contributed by atoms with Gasteiger partial charge in [-0.15, -0.1) is 0 Å². The Kier molecular flexibility index (Phi) is 6.81. The number of rotatable bonds is 6. The van der Waals surface area contributed by atoms with E-state index in [2.05, 4.69) is 32.5 Å². The highest BCUT2D eigenvalue weighted by Crippen LogP contribution is 2.36. The molecule has 1 unspecified atom stereocenters. The quantitative estimate of drug-likeness (QED) is 0.502. The van der Waals surface area contributed by atoms with E-state index in [1.54, 1.807) is 12.1 Å². The number of halogens is 3. The number of nitrogens with zero attached hydrogens (tertiary/aromatic N) is 3. The summed E-state index contributed by atoms with van der Waals surface area (Å²) < 4.78 is 40.7. The lowest BCUT2D eigenvalue weighted by molar-refractivity contribution is -0.137. The Bertz CT molecular complexity index is 1010. The zero-order valence-electron chi connectivity index (χ0n) is 16.9. The number of urea groups is 1. The molecule has 9 nitrogen and oxygen atoms in total. The van der Waals surface area contributed by atoms with E-state index in [1.807, 2.05) is 0 Å². The topological polar surface area (TPSA) is 125 Å². The van der Waals surface area contributed by atoms with E-state index in [4.69, 9.17) is 5.73 Å². The van der Waals surface area contributed by atoms with Gasteiger partial charge in [-0.2, -0.15) is 18.2 Å². The van der Waals surface area contributed by atoms with Crippen LogP contribution in [0.25, 0.3) is 0 Å². The minimum atomic E-state index is -4.71. The zero-order chi connectivity index (χ0) is 23.3. The molecule has 0 radical (unpaired) electrons. The molecule has 170 valence electrons. The van der Waals surface area contributed by atoms with Crippen molar-refractivity contribution in [2.45, 2.75) is 25.1 Å². The van der Waals surface area contributed by atoms with Crippen LogP contribution >= 0.6 is 0 Å². The molecular formula is C20H22F3N7O2. The number of carbonyl (C=O) groups is 2. The Morgan fingerprint density at radius 3 is 2.62 bits per heavy atom. The van der Waals surface area contributed by atoms with Crippen molar-refractivity contribution in [3.63, 3.8) is 0 Å². The second-order valence-electron chi connectivity index (χ2n) is 7.09. The summed E-state index contributed by atoms with van der Waals surface area (Å²) in [6, 6.07) is 5.41. The molecule has 12 heteroatoms. The van der Waals surface area contributed by atoms with Gasteiger partial charge in [0.05, 0.1) is 11.4 Å². The molecule has 1 aromatic carbocycles. The van der Waals surface area contributed by atoms with Crippen molar-refractivity contribution < 1.29 is 22.8 Å². The summed E-state index contributed by atoms with van der Waals surface area (Å²) in [6.07, 6.45) is -1.63. The standard InChI is InChI=1S/C20H22F3N7O2/c1-2-16(31)27-14-7-3-4-8-15(14)28-17-13(20(21,22)23)10-25-19(29-17)26-12-6-5-9-30(11-12)18(24)32/h2-4,7-8,10,12H,1,5-6,9,11H2,(H2,24,32)(H,27,31)(H2,25,26,28,29). The molecule has 2 aromatic rings. The number of hydrogen-bond donors (Lipinski definition) is 4. The molecule has 0 saturated carbocycles. The third-order valence-electron chi connectivity index (χ3n) is 4.78. The number of piperidine rings is 1. The van der Waals surface area contributed by atoms with Crippen molar-refractivity contribution in [2.75, 3.05) is 29.0 Å². The van der Waals surface area contributed by atoms with Crippen LogP contribution in [0.15, 0.2) is 43.1 Å². The largest absolute Gasteiger partial charge is 0.421 e. The van der Waals surface area contributed by atoms with Crippen molar-refractivity contribution in [1.29, 1.82) is 0 Å². The van der Waals surface area contributed by atoms with Gasteiger partial charge in [-0.05, 0) is 31.1 Å². The number of benzene rings is 1. The lowest BCUT2D eigenvalue weighted by Crippen LogP contribution is -2.47. The summed E-state index contributed by atoms with van der Waals surface area (Å²) in [5, 5.41) is 8.13. The first-order valence-corrected chi connectivity index (χ1v) is 9.72. The van der Waals surface area contributed by atoms with Crippen molar-refractivity contribution in [2.24, 2.45) is 5.73 Å². The molecule has 1 fully saturated rings. The van der Waals surface area contributed by atoms with E-state index < -0.39 is 29.5 Å². The molecule has 0 spiro atoms. The van der Waals surface area contributed by atoms with Gasteiger partial charge in [0.1, 0.15) is 11.4 Å². The lowest BCUT2D eigenvalue weighted by Gasteiger charge is -2.32. The first kappa shape index (κ1) is 22.8. The van der Waals surface area contributed by atoms with Crippen LogP contribution in [0, 0.1) is 0 Å². The van der Waals surface area contributed by atoms with Crippen LogP contribution in [0.1, 0.15) is 18.4 Å². The van der Waals surface area contributed by atoms with Gasteiger partial charge in [0.2, 0.25) is 11.9 Å². The number of nitrogens with two attached hydrogens (primary N) is 1. The normalized spacial score (nSPS) is 16.2. The minimum Gasteiger partial charge on any atom is -0.351 e. The van der Waals surface area contributed by atoms with Gasteiger partial charge in [0.15, 0.2) is 0 Å². The van der Waals surface area contributed by atoms with E-state index >= 15 is 0 Å². The first-order chi connectivity index (χ1) is 15.2. The maximum Gasteiger partial charge on any atom is 0.421 e. The Morgan fingerprint density at radius 1 is 1.25 bits per heavy atom. The fraction of sp³-hybridized carbons (Fsp3) is 0.300. The molecule has 0 bridgehead atoms. The number of aromatic nitrogens is 2. The summed E-state index contributed by atoms with van der Waals surface area (Å²) in [6.45, 7) is 4.16. The van der Waals surface area contributed by atoms with Crippen LogP contribution < -0.4 is 21.7 Å². The average Bonchev–Trinajstić information content (AvgIpc) is 2.74. The van der Waals surface area contributed by atoms with Crippen LogP contribution in [0.3, 0.4) is 0 Å². The van der Waals surface area contributed by atoms with Gasteiger partial charge in [-0.1, -0.05) is 18.7 Å². The monoisotopic (exact) mass is 449 g/mol. The average molecular weight is 449 g/mol. The number of para-hydroxylation sites is 2. The van der Waals surface area contributed by atoms with Crippen molar-refractivity contribution >= 4 is 35.1 Å². The highest BCUT2D eigenvalue weighted by Gasteiger charge is 2.36. The van der Waals surface area contributed by atoms with Crippen LogP contribution in [0.2, 0.25) is 0 Å². The fourth-order valence-electron chi connectivity index (χ4n) is 3.24. The SMILES string of the molecule is C=CC(=O)Nc1ccccc1Nc1nc(NC2CCCN(C(N)=O)C2)ncc1C(F)(F)F. The fourth-order valence-corrected chi connectivity index (χ4v) is 3.24. The number of amides is 3. The number of primary amides is 1. The first-order valence-electron chi connectivity index (χ1n) is 9.72. The van der Waals surface area contributed by atoms with Crippen molar-refractivity contribution in [3.8, 4) is 0 Å². The van der Waals surface area contributed by atoms with E-state index in [-0.39, 0.29) is 23.4 Å². The van der Waals surface area contributed by atoms with Crippen LogP contribution in [0.4, 0.5) is 41.1 Å². The molecule has 1 saturated heterocycles. The molecule has 1 atom stereocenters. The summed E-state index contributed by atoms with van der Waals surface area (Å²) in [5.41, 5.74) is 4.70. The molecule has 0 aliphatic carbocycles. The molecule has 5 N–H and O–H groups in total. The van der Waals surface area contributed by atoms with Gasteiger partial charge in [-0.25, -0.2) is 9.78 Å². The third kappa shape index (κ3) is 5.65. The van der Waals surface area contributed by atoms with E-state index in [0.29, 0.717) is 32.1 Å². The van der Waals surface area contributed by atoms with E-state index in [1.165, 1.54) is 17.0 Å². The number of hydrogen-bond acceptors (Lipinski definition) is 6. The van der Waals surface area contributed by atoms with Crippen molar-refractivity contribution in [1.82, 2.24) is 14.9 Å². The Labute approximate surface area is 181 Å². The molecule has 2 heterocycles. The van der Waals surface area contributed by atoms with Crippen LogP contribution in [-0.2, 0) is 11.0 Å². The second-order valence-corrected chi connectivity index (χ2v) is 7.09. The predicted molar refractivity (Wildman–Crippen MR) is 113 cm³/mol. The molecule has 1 aliphatic rings. The smallest absolute Gasteiger partial charge is 0.351 e. The second kappa shape index (κ2) is 9.54. The molecule has 3 rings (SSSR count). The number of alkyl halides is 3. The lowest BCUT2D eigenvalue weighted by atomic mass is 10.1. The Morgan fingerprint density at radius 2 is 1.97 bits per heavy atom. The maximum atomic E-state index is 13.6. The number of likely N-dealkylation sites (tertiary alicyclic amines) is 1. The summed E-state index contributed by atoms with van der Waals surface area (Å²) in [5.74, 6) is -1.04. The maximum absolute atomic E-state index is 13.6. The highest BCUT2D eigenvalue weighted by molar-refractivity contribution is 6.01. The van der Waals surface area contributed by atoms with Crippen LogP contribution in [-0.4, -0.2) is 45.9 Å². The number of nitrogens with one attached hydrogen (secondary N) is 3. The molecular weight excluding hydrogens is 427 g/mol. The van der Waals surface area contributed by atoms with Gasteiger partial charge in [0, 0.05) is 25.3 Å². The van der Waals surface area contributed by atoms with Gasteiger partial charge in [-0.3, -0.25) is 4.79 Å².